The Hall–Kier alpha value is -1.81. The average Bonchev–Trinajstić information content (AvgIpc) is 2.37. The number of hydrazine groups is 1. The molecule has 0 aliphatic carbocycles. The maximum absolute atomic E-state index is 11.6. The van der Waals surface area contributed by atoms with Crippen molar-refractivity contribution < 1.29 is 14.0 Å². The Balaban J connectivity index is 3.19. The molecule has 72 valence electrons. The van der Waals surface area contributed by atoms with E-state index in [-0.39, 0.29) is 5.69 Å². The number of nitrogen functional groups attached to an aromatic ring is 1. The van der Waals surface area contributed by atoms with Crippen LogP contribution in [0.2, 0.25) is 0 Å². The third-order valence-corrected chi connectivity index (χ3v) is 1.59. The zero-order chi connectivity index (χ0) is 16.1. The van der Waals surface area contributed by atoms with Crippen LogP contribution >= 0.6 is 0 Å². The Labute approximate surface area is 90.1 Å². The Morgan fingerprint density at radius 3 is 3.14 bits per heavy atom. The fourth-order valence-corrected chi connectivity index (χ4v) is 0.997. The normalized spacial score (nSPS) is 18.5. The number of benzene rings is 1. The van der Waals surface area contributed by atoms with Gasteiger partial charge in [0, 0.05) is 21.6 Å². The van der Waals surface area contributed by atoms with Crippen LogP contribution in [0.4, 0.5) is 5.69 Å². The minimum Gasteiger partial charge on any atom is -0.423 e. The molecule has 0 fully saturated rings. The highest BCUT2D eigenvalue weighted by Crippen LogP contribution is 2.19. The van der Waals surface area contributed by atoms with Gasteiger partial charge in [-0.2, -0.15) is 0 Å². The lowest BCUT2D eigenvalue weighted by Gasteiger charge is -2.02. The van der Waals surface area contributed by atoms with E-state index in [2.05, 4.69) is 0 Å². The van der Waals surface area contributed by atoms with E-state index < -0.39 is 53.2 Å². The van der Waals surface area contributed by atoms with Crippen molar-refractivity contribution in [3.8, 4) is 0 Å². The van der Waals surface area contributed by atoms with E-state index in [9.17, 15) is 4.79 Å². The summed E-state index contributed by atoms with van der Waals surface area (Å²) in [6.07, 6.45) is 0. The molecule has 4 nitrogen and oxygen atoms in total. The van der Waals surface area contributed by atoms with E-state index in [1.54, 1.807) is 0 Å². The van der Waals surface area contributed by atoms with Crippen molar-refractivity contribution in [1.29, 1.82) is 0 Å². The first-order valence-electron chi connectivity index (χ1n) is 7.15. The Bertz CT molecular complexity index is 797. The number of hydrogen-bond acceptors (Lipinski definition) is 4. The predicted octanol–water partition coefficient (Wildman–Crippen LogP) is 1.39. The summed E-state index contributed by atoms with van der Waals surface area (Å²) in [5, 5.41) is -0.423. The molecule has 0 spiro atoms. The molecule has 14 heavy (non-hydrogen) atoms. The van der Waals surface area contributed by atoms with Crippen LogP contribution in [0.25, 0.3) is 11.0 Å². The molecule has 2 aromatic rings. The second-order valence-corrected chi connectivity index (χ2v) is 2.49. The summed E-state index contributed by atoms with van der Waals surface area (Å²) in [6.45, 7) is -2.86. The van der Waals surface area contributed by atoms with Crippen LogP contribution in [0.1, 0.15) is 15.2 Å². The fraction of sp³-hybridized carbons (Fsp3) is 0.100. The largest absolute Gasteiger partial charge is 0.423 e. The monoisotopic (exact) mass is 197 g/mol. The van der Waals surface area contributed by atoms with Gasteiger partial charge in [-0.1, -0.05) is 0 Å². The van der Waals surface area contributed by atoms with Crippen molar-refractivity contribution in [3.05, 3.63) is 40.2 Å². The van der Waals surface area contributed by atoms with Gasteiger partial charge >= 0.3 is 5.63 Å². The average molecular weight is 197 g/mol. The molecule has 2 rings (SSSR count). The van der Waals surface area contributed by atoms with Gasteiger partial charge in [-0.25, -0.2) is 4.79 Å². The molecule has 0 saturated heterocycles. The summed E-state index contributed by atoms with van der Waals surface area (Å²) in [5.74, 6) is 5.16. The summed E-state index contributed by atoms with van der Waals surface area (Å²) in [7, 11) is 0. The Morgan fingerprint density at radius 2 is 2.43 bits per heavy atom. The minimum atomic E-state index is -2.86. The summed E-state index contributed by atoms with van der Waals surface area (Å²) in [5.41, 5.74) is -0.657. The Kier molecular flexibility index (Phi) is 0.844. The highest BCUT2D eigenvalue weighted by molar-refractivity contribution is 5.83. The van der Waals surface area contributed by atoms with Gasteiger partial charge in [0.05, 0.1) is 11.2 Å². The van der Waals surface area contributed by atoms with Gasteiger partial charge in [0.1, 0.15) is 5.58 Å². The summed E-state index contributed by atoms with van der Waals surface area (Å²) in [6, 6.07) is -2.54. The zero-order valence-corrected chi connectivity index (χ0v) is 6.89. The topological polar surface area (TPSA) is 68.3 Å². The van der Waals surface area contributed by atoms with Gasteiger partial charge < -0.3 is 9.84 Å². The molecule has 0 amide bonds. The molecule has 1 aromatic carbocycles. The molecular weight excluding hydrogens is 180 g/mol. The molecule has 0 bridgehead atoms. The highest BCUT2D eigenvalue weighted by atomic mass is 16.4. The van der Waals surface area contributed by atoms with E-state index in [4.69, 9.17) is 19.9 Å². The lowest BCUT2D eigenvalue weighted by molar-refractivity contribution is 0.560. The second-order valence-electron chi connectivity index (χ2n) is 2.49. The van der Waals surface area contributed by atoms with Crippen molar-refractivity contribution in [2.24, 2.45) is 5.84 Å². The summed E-state index contributed by atoms with van der Waals surface area (Å²) in [4.78, 5) is 11.6. The highest BCUT2D eigenvalue weighted by Gasteiger charge is 2.01. The van der Waals surface area contributed by atoms with Crippen LogP contribution in [0.15, 0.2) is 33.4 Å². The van der Waals surface area contributed by atoms with Gasteiger partial charge in [0.2, 0.25) is 0 Å². The van der Waals surface area contributed by atoms with Crippen LogP contribution < -0.4 is 16.9 Å². The number of nitrogens with one attached hydrogen (secondary N) is 1. The van der Waals surface area contributed by atoms with Crippen molar-refractivity contribution in [2.45, 2.75) is 6.85 Å². The van der Waals surface area contributed by atoms with Gasteiger partial charge in [0.15, 0.2) is 0 Å². The van der Waals surface area contributed by atoms with Crippen LogP contribution in [-0.4, -0.2) is 0 Å². The first kappa shape index (κ1) is 3.74. The van der Waals surface area contributed by atoms with E-state index in [0.717, 1.165) is 0 Å². The third-order valence-electron chi connectivity index (χ3n) is 1.59. The summed E-state index contributed by atoms with van der Waals surface area (Å²) >= 11 is 0. The molecule has 0 aliphatic rings. The first-order chi connectivity index (χ1) is 9.61. The zero-order valence-electron chi connectivity index (χ0n) is 13.9. The number of hydrogen-bond donors (Lipinski definition) is 2. The molecule has 3 N–H and O–H groups in total. The maximum atomic E-state index is 11.6. The van der Waals surface area contributed by atoms with E-state index in [1.165, 1.54) is 0 Å². The van der Waals surface area contributed by atoms with E-state index in [1.807, 2.05) is 5.43 Å². The standard InChI is InChI=1S/C10H10N2O2/c1-6-4-10(13)14-9-5-7(12-11)2-3-8(6)9/h2-5,12H,11H2,1H3/i1D3,2D,3D,4D,5D. The number of anilines is 1. The lowest BCUT2D eigenvalue weighted by atomic mass is 10.1. The Morgan fingerprint density at radius 1 is 1.57 bits per heavy atom. The fourth-order valence-electron chi connectivity index (χ4n) is 0.997. The van der Waals surface area contributed by atoms with Crippen LogP contribution in [0, 0.1) is 6.85 Å². The number of rotatable bonds is 1. The summed E-state index contributed by atoms with van der Waals surface area (Å²) < 4.78 is 58.0. The molecule has 0 radical (unpaired) electrons. The molecule has 0 unspecified atom stereocenters. The molecule has 1 aromatic heterocycles. The van der Waals surface area contributed by atoms with Gasteiger partial charge in [-0.3, -0.25) is 5.84 Å². The second kappa shape index (κ2) is 3.16. The van der Waals surface area contributed by atoms with Crippen molar-refractivity contribution in [1.82, 2.24) is 0 Å². The molecule has 0 saturated carbocycles. The van der Waals surface area contributed by atoms with Gasteiger partial charge in [0.25, 0.3) is 0 Å². The van der Waals surface area contributed by atoms with Crippen molar-refractivity contribution >= 4 is 16.7 Å². The smallest absolute Gasteiger partial charge is 0.336 e. The van der Waals surface area contributed by atoms with Crippen molar-refractivity contribution in [3.63, 3.8) is 0 Å². The molecule has 4 heteroatoms. The molecule has 1 heterocycles. The molecular formula is C10H10N2O2. The van der Waals surface area contributed by atoms with Gasteiger partial charge in [-0.05, 0) is 24.5 Å². The molecule has 0 atom stereocenters. The van der Waals surface area contributed by atoms with Crippen LogP contribution in [0.3, 0.4) is 0 Å². The van der Waals surface area contributed by atoms with E-state index in [0.29, 0.717) is 0 Å². The van der Waals surface area contributed by atoms with Crippen LogP contribution in [0.5, 0.6) is 0 Å². The lowest BCUT2D eigenvalue weighted by Crippen LogP contribution is -2.06. The van der Waals surface area contributed by atoms with Gasteiger partial charge in [-0.15, -0.1) is 0 Å². The number of nitrogens with two attached hydrogens (primary N) is 1. The molecule has 0 aliphatic heterocycles. The SMILES string of the molecule is [2H]c1c(NN)c([2H])c2oc(=O)c([2H])c(C([2H])([2H])[2H])c2c1[2H]. The minimum absolute atomic E-state index is 0.273. The number of aryl methyl sites for hydroxylation is 1. The quantitative estimate of drug-likeness (QED) is 0.412. The first-order valence-corrected chi connectivity index (χ1v) is 3.65. The van der Waals surface area contributed by atoms with Crippen molar-refractivity contribution in [2.75, 3.05) is 5.43 Å². The predicted molar refractivity (Wildman–Crippen MR) is 55.0 cm³/mol. The van der Waals surface area contributed by atoms with E-state index >= 15 is 0 Å². The van der Waals surface area contributed by atoms with Crippen LogP contribution in [-0.2, 0) is 0 Å². The number of fused-ring (bicyclic) bond motifs is 1. The maximum Gasteiger partial charge on any atom is 0.336 e. The third kappa shape index (κ3) is 1.36.